The fraction of sp³-hybridized carbons (Fsp3) is 1.00. The molecule has 0 aromatic heterocycles. The predicted octanol–water partition coefficient (Wildman–Crippen LogP) is -0.00670. The maximum atomic E-state index is 8.85. The molecule has 1 unspecified atom stereocenters. The Morgan fingerprint density at radius 2 is 2.36 bits per heavy atom. The van der Waals surface area contributed by atoms with Gasteiger partial charge in [0.15, 0.2) is 0 Å². The van der Waals surface area contributed by atoms with Gasteiger partial charge >= 0.3 is 0 Å². The topological polar surface area (TPSA) is 41.5 Å². The lowest BCUT2D eigenvalue weighted by atomic mass is 10.3. The Labute approximate surface area is 67.7 Å². The molecule has 2 N–H and O–H groups in total. The Balaban J connectivity index is 1.98. The first-order chi connectivity index (χ1) is 5.36. The van der Waals surface area contributed by atoms with Gasteiger partial charge in [0.05, 0.1) is 19.3 Å². The van der Waals surface area contributed by atoms with Crippen molar-refractivity contribution in [3.63, 3.8) is 0 Å². The molecule has 3 nitrogen and oxygen atoms in total. The van der Waals surface area contributed by atoms with Crippen LogP contribution >= 0.6 is 0 Å². The quantitative estimate of drug-likeness (QED) is 0.573. The zero-order valence-corrected chi connectivity index (χ0v) is 7.05. The van der Waals surface area contributed by atoms with E-state index in [9.17, 15) is 0 Å². The number of hydrogen-bond acceptors (Lipinski definition) is 3. The Morgan fingerprint density at radius 3 is 2.82 bits per heavy atom. The van der Waals surface area contributed by atoms with E-state index in [2.05, 4.69) is 5.32 Å². The van der Waals surface area contributed by atoms with Crippen LogP contribution in [0.4, 0.5) is 0 Å². The van der Waals surface area contributed by atoms with Crippen LogP contribution in [0.5, 0.6) is 0 Å². The lowest BCUT2D eigenvalue weighted by molar-refractivity contribution is 0.128. The van der Waals surface area contributed by atoms with E-state index >= 15 is 0 Å². The van der Waals surface area contributed by atoms with Gasteiger partial charge in [-0.05, 0) is 25.3 Å². The highest BCUT2D eigenvalue weighted by Gasteiger charge is 2.21. The number of nitrogens with one attached hydrogen (secondary N) is 1. The van der Waals surface area contributed by atoms with Crippen molar-refractivity contribution in [2.75, 3.05) is 26.9 Å². The van der Waals surface area contributed by atoms with Gasteiger partial charge in [-0.15, -0.1) is 0 Å². The van der Waals surface area contributed by atoms with Crippen molar-refractivity contribution in [3.05, 3.63) is 0 Å². The molecule has 0 spiro atoms. The summed E-state index contributed by atoms with van der Waals surface area (Å²) in [6.07, 6.45) is 2.69. The van der Waals surface area contributed by atoms with Crippen LogP contribution in [0.25, 0.3) is 0 Å². The molecule has 1 rings (SSSR count). The molecule has 1 aliphatic rings. The second-order valence-electron chi connectivity index (χ2n) is 3.19. The average molecular weight is 159 g/mol. The fourth-order valence-electron chi connectivity index (χ4n) is 1.03. The lowest BCUT2D eigenvalue weighted by Gasteiger charge is -2.14. The van der Waals surface area contributed by atoms with E-state index in [0.717, 1.165) is 12.5 Å². The van der Waals surface area contributed by atoms with Crippen molar-refractivity contribution < 1.29 is 9.84 Å². The van der Waals surface area contributed by atoms with Crippen LogP contribution in [0.2, 0.25) is 0 Å². The Morgan fingerprint density at radius 1 is 1.64 bits per heavy atom. The first-order valence-electron chi connectivity index (χ1n) is 4.20. The molecular weight excluding hydrogens is 142 g/mol. The zero-order valence-electron chi connectivity index (χ0n) is 7.05. The minimum absolute atomic E-state index is 0.126. The van der Waals surface area contributed by atoms with Crippen LogP contribution < -0.4 is 5.32 Å². The van der Waals surface area contributed by atoms with E-state index in [1.807, 2.05) is 0 Å². The molecule has 1 atom stereocenters. The Bertz CT molecular complexity index is 104. The summed E-state index contributed by atoms with van der Waals surface area (Å²) in [5.74, 6) is 0.862. The zero-order chi connectivity index (χ0) is 8.10. The van der Waals surface area contributed by atoms with E-state index in [4.69, 9.17) is 9.84 Å². The van der Waals surface area contributed by atoms with Crippen LogP contribution in [0.1, 0.15) is 12.8 Å². The summed E-state index contributed by atoms with van der Waals surface area (Å²) in [5.41, 5.74) is 0. The molecule has 1 saturated carbocycles. The normalized spacial score (nSPS) is 20.2. The van der Waals surface area contributed by atoms with Crippen molar-refractivity contribution >= 4 is 0 Å². The van der Waals surface area contributed by atoms with Crippen molar-refractivity contribution in [2.45, 2.75) is 18.9 Å². The van der Waals surface area contributed by atoms with Gasteiger partial charge in [-0.2, -0.15) is 0 Å². The minimum Gasteiger partial charge on any atom is -0.395 e. The monoisotopic (exact) mass is 159 g/mol. The van der Waals surface area contributed by atoms with E-state index in [-0.39, 0.29) is 12.6 Å². The van der Waals surface area contributed by atoms with Crippen molar-refractivity contribution in [2.24, 2.45) is 5.92 Å². The van der Waals surface area contributed by atoms with Gasteiger partial charge in [0.25, 0.3) is 0 Å². The van der Waals surface area contributed by atoms with Gasteiger partial charge in [0.1, 0.15) is 0 Å². The molecule has 0 heterocycles. The molecule has 11 heavy (non-hydrogen) atoms. The lowest BCUT2D eigenvalue weighted by Crippen LogP contribution is -2.37. The van der Waals surface area contributed by atoms with Gasteiger partial charge in [-0.1, -0.05) is 0 Å². The standard InChI is InChI=1S/C8H17NO2/c1-11-6-8(5-10)9-4-7-2-3-7/h7-10H,2-6H2,1H3. The summed E-state index contributed by atoms with van der Waals surface area (Å²) in [5, 5.41) is 12.1. The second kappa shape index (κ2) is 4.70. The van der Waals surface area contributed by atoms with Crippen molar-refractivity contribution in [3.8, 4) is 0 Å². The van der Waals surface area contributed by atoms with E-state index in [1.165, 1.54) is 12.8 Å². The van der Waals surface area contributed by atoms with Crippen molar-refractivity contribution in [1.29, 1.82) is 0 Å². The highest BCUT2D eigenvalue weighted by Crippen LogP contribution is 2.27. The molecule has 0 aliphatic heterocycles. The number of methoxy groups -OCH3 is 1. The molecule has 3 heteroatoms. The third-order valence-corrected chi connectivity index (χ3v) is 1.98. The first-order valence-corrected chi connectivity index (χ1v) is 4.20. The summed E-state index contributed by atoms with van der Waals surface area (Å²) >= 11 is 0. The average Bonchev–Trinajstić information content (AvgIpc) is 2.81. The molecule has 1 aliphatic carbocycles. The summed E-state index contributed by atoms with van der Waals surface area (Å²) < 4.78 is 4.93. The molecule has 0 aromatic carbocycles. The SMILES string of the molecule is COCC(CO)NCC1CC1. The van der Waals surface area contributed by atoms with Crippen LogP contribution in [-0.4, -0.2) is 38.0 Å². The molecule has 0 saturated heterocycles. The maximum absolute atomic E-state index is 8.85. The maximum Gasteiger partial charge on any atom is 0.0638 e. The van der Waals surface area contributed by atoms with Crippen LogP contribution in [0.15, 0.2) is 0 Å². The number of hydrogen-bond donors (Lipinski definition) is 2. The minimum atomic E-state index is 0.126. The van der Waals surface area contributed by atoms with Crippen molar-refractivity contribution in [1.82, 2.24) is 5.32 Å². The van der Waals surface area contributed by atoms with Gasteiger partial charge in [-0.3, -0.25) is 0 Å². The van der Waals surface area contributed by atoms with Crippen LogP contribution in [0, 0.1) is 5.92 Å². The molecule has 66 valence electrons. The molecule has 0 bridgehead atoms. The van der Waals surface area contributed by atoms with Gasteiger partial charge in [0, 0.05) is 7.11 Å². The summed E-state index contributed by atoms with van der Waals surface area (Å²) in [6, 6.07) is 0.126. The largest absolute Gasteiger partial charge is 0.395 e. The molecule has 1 fully saturated rings. The van der Waals surface area contributed by atoms with Gasteiger partial charge < -0.3 is 15.2 Å². The third kappa shape index (κ3) is 3.70. The van der Waals surface area contributed by atoms with Crippen LogP contribution in [0.3, 0.4) is 0 Å². The first kappa shape index (κ1) is 8.97. The fourth-order valence-corrected chi connectivity index (χ4v) is 1.03. The van der Waals surface area contributed by atoms with Crippen LogP contribution in [-0.2, 0) is 4.74 Å². The Kier molecular flexibility index (Phi) is 3.83. The number of aliphatic hydroxyl groups excluding tert-OH is 1. The predicted molar refractivity (Wildman–Crippen MR) is 43.5 cm³/mol. The third-order valence-electron chi connectivity index (χ3n) is 1.98. The summed E-state index contributed by atoms with van der Waals surface area (Å²) in [7, 11) is 1.65. The van der Waals surface area contributed by atoms with E-state index < -0.39 is 0 Å². The second-order valence-corrected chi connectivity index (χ2v) is 3.19. The highest BCUT2D eigenvalue weighted by atomic mass is 16.5. The molecular formula is C8H17NO2. The highest BCUT2D eigenvalue weighted by molar-refractivity contribution is 4.77. The van der Waals surface area contributed by atoms with Gasteiger partial charge in [-0.25, -0.2) is 0 Å². The summed E-state index contributed by atoms with van der Waals surface area (Å²) in [4.78, 5) is 0. The Hall–Kier alpha value is -0.120. The van der Waals surface area contributed by atoms with Gasteiger partial charge in [0.2, 0.25) is 0 Å². The van der Waals surface area contributed by atoms with E-state index in [0.29, 0.717) is 6.61 Å². The smallest absolute Gasteiger partial charge is 0.0638 e. The number of rotatable bonds is 6. The van der Waals surface area contributed by atoms with E-state index in [1.54, 1.807) is 7.11 Å². The molecule has 0 aromatic rings. The number of aliphatic hydroxyl groups is 1. The number of ether oxygens (including phenoxy) is 1. The molecule has 0 amide bonds. The summed E-state index contributed by atoms with van der Waals surface area (Å²) in [6.45, 7) is 1.80. The molecule has 0 radical (unpaired) electrons.